The quantitative estimate of drug-likeness (QED) is 0.645. The standard InChI is InChI=1S/C12H17ClN4O/c1-7-9(4-6-18-7)17(2)12-10(13)8(11(14)15)3-5-16-12/h3,5,7,9H,4,6H2,1-2H3,(H3,14,15). The van der Waals surface area contributed by atoms with Crippen LogP contribution in [0.5, 0.6) is 0 Å². The van der Waals surface area contributed by atoms with Crippen LogP contribution in [0.25, 0.3) is 0 Å². The molecule has 1 fully saturated rings. The number of hydrogen-bond acceptors (Lipinski definition) is 4. The van der Waals surface area contributed by atoms with Gasteiger partial charge in [0.2, 0.25) is 0 Å². The summed E-state index contributed by atoms with van der Waals surface area (Å²) in [6.45, 7) is 2.79. The van der Waals surface area contributed by atoms with Crippen LogP contribution in [0.1, 0.15) is 18.9 Å². The molecule has 6 heteroatoms. The van der Waals surface area contributed by atoms with E-state index in [-0.39, 0.29) is 18.0 Å². The number of ether oxygens (including phenoxy) is 1. The van der Waals surface area contributed by atoms with Gasteiger partial charge in [-0.25, -0.2) is 4.98 Å². The van der Waals surface area contributed by atoms with Crippen molar-refractivity contribution in [2.45, 2.75) is 25.5 Å². The summed E-state index contributed by atoms with van der Waals surface area (Å²) < 4.78 is 5.55. The average Bonchev–Trinajstić information content (AvgIpc) is 2.74. The van der Waals surface area contributed by atoms with E-state index < -0.39 is 0 Å². The number of halogens is 1. The van der Waals surface area contributed by atoms with Gasteiger partial charge in [0.1, 0.15) is 11.7 Å². The zero-order valence-corrected chi connectivity index (χ0v) is 11.2. The SMILES string of the molecule is CC1OCCC1N(C)c1nccc(C(=N)N)c1Cl. The maximum absolute atomic E-state index is 7.49. The molecule has 1 aliphatic heterocycles. The van der Waals surface area contributed by atoms with Crippen molar-refractivity contribution in [1.82, 2.24) is 4.98 Å². The lowest BCUT2D eigenvalue weighted by Gasteiger charge is -2.28. The number of nitrogens with one attached hydrogen (secondary N) is 1. The largest absolute Gasteiger partial charge is 0.384 e. The Morgan fingerprint density at radius 1 is 1.67 bits per heavy atom. The second-order valence-corrected chi connectivity index (χ2v) is 4.83. The Hall–Kier alpha value is -1.33. The van der Waals surface area contributed by atoms with Crippen molar-refractivity contribution in [3.05, 3.63) is 22.8 Å². The van der Waals surface area contributed by atoms with Crippen molar-refractivity contribution in [2.75, 3.05) is 18.6 Å². The Kier molecular flexibility index (Phi) is 3.73. The summed E-state index contributed by atoms with van der Waals surface area (Å²) in [5.74, 6) is 0.597. The summed E-state index contributed by atoms with van der Waals surface area (Å²) in [4.78, 5) is 6.29. The number of likely N-dealkylation sites (N-methyl/N-ethyl adjacent to an activating group) is 1. The lowest BCUT2D eigenvalue weighted by atomic mass is 10.1. The van der Waals surface area contributed by atoms with Gasteiger partial charge in [-0.2, -0.15) is 0 Å². The molecule has 0 bridgehead atoms. The number of pyridine rings is 1. The van der Waals surface area contributed by atoms with Crippen molar-refractivity contribution in [3.63, 3.8) is 0 Å². The maximum Gasteiger partial charge on any atom is 0.148 e. The van der Waals surface area contributed by atoms with E-state index >= 15 is 0 Å². The van der Waals surface area contributed by atoms with Gasteiger partial charge in [-0.1, -0.05) is 11.6 Å². The van der Waals surface area contributed by atoms with Gasteiger partial charge in [-0.15, -0.1) is 0 Å². The van der Waals surface area contributed by atoms with E-state index in [0.717, 1.165) is 13.0 Å². The third-order valence-corrected chi connectivity index (χ3v) is 3.70. The van der Waals surface area contributed by atoms with Crippen molar-refractivity contribution in [2.24, 2.45) is 5.73 Å². The highest BCUT2D eigenvalue weighted by molar-refractivity contribution is 6.36. The summed E-state index contributed by atoms with van der Waals surface area (Å²) in [7, 11) is 1.94. The van der Waals surface area contributed by atoms with Crippen LogP contribution in [0.15, 0.2) is 12.3 Å². The number of rotatable bonds is 3. The van der Waals surface area contributed by atoms with Gasteiger partial charge in [0.05, 0.1) is 17.2 Å². The molecule has 2 unspecified atom stereocenters. The number of hydrogen-bond donors (Lipinski definition) is 2. The van der Waals surface area contributed by atoms with Crippen LogP contribution in [0, 0.1) is 5.41 Å². The van der Waals surface area contributed by atoms with Crippen molar-refractivity contribution >= 4 is 23.3 Å². The lowest BCUT2D eigenvalue weighted by Crippen LogP contribution is -2.37. The molecular formula is C12H17ClN4O. The van der Waals surface area contributed by atoms with Crippen LogP contribution >= 0.6 is 11.6 Å². The summed E-state index contributed by atoms with van der Waals surface area (Å²) in [5.41, 5.74) is 6.01. The Balaban J connectivity index is 2.33. The van der Waals surface area contributed by atoms with E-state index in [0.29, 0.717) is 16.4 Å². The first-order chi connectivity index (χ1) is 8.52. The molecule has 5 nitrogen and oxygen atoms in total. The monoisotopic (exact) mass is 268 g/mol. The summed E-state index contributed by atoms with van der Waals surface area (Å²) in [6, 6.07) is 1.90. The first-order valence-corrected chi connectivity index (χ1v) is 6.23. The molecule has 3 N–H and O–H groups in total. The molecule has 1 aromatic heterocycles. The van der Waals surface area contributed by atoms with Crippen LogP contribution in [0.4, 0.5) is 5.82 Å². The van der Waals surface area contributed by atoms with E-state index in [4.69, 9.17) is 27.5 Å². The van der Waals surface area contributed by atoms with E-state index in [9.17, 15) is 0 Å². The van der Waals surface area contributed by atoms with Crippen LogP contribution in [-0.4, -0.2) is 36.6 Å². The third kappa shape index (κ3) is 2.28. The Morgan fingerprint density at radius 3 is 2.94 bits per heavy atom. The highest BCUT2D eigenvalue weighted by atomic mass is 35.5. The molecule has 1 saturated heterocycles. The summed E-state index contributed by atoms with van der Waals surface area (Å²) in [6.07, 6.45) is 2.71. The van der Waals surface area contributed by atoms with Gasteiger partial charge in [0.25, 0.3) is 0 Å². The van der Waals surface area contributed by atoms with Gasteiger partial charge in [-0.05, 0) is 19.4 Å². The highest BCUT2D eigenvalue weighted by Crippen LogP contribution is 2.30. The van der Waals surface area contributed by atoms with Crippen LogP contribution in [0.3, 0.4) is 0 Å². The zero-order chi connectivity index (χ0) is 13.3. The fourth-order valence-electron chi connectivity index (χ4n) is 2.27. The predicted molar refractivity (Wildman–Crippen MR) is 72.5 cm³/mol. The minimum atomic E-state index is -0.0484. The third-order valence-electron chi connectivity index (χ3n) is 3.33. The van der Waals surface area contributed by atoms with Gasteiger partial charge in [-0.3, -0.25) is 5.41 Å². The summed E-state index contributed by atoms with van der Waals surface area (Å²) in [5, 5.41) is 7.91. The average molecular weight is 269 g/mol. The van der Waals surface area contributed by atoms with Crippen LogP contribution in [-0.2, 0) is 4.74 Å². The number of nitrogen functional groups attached to an aromatic ring is 1. The molecule has 0 saturated carbocycles. The molecule has 18 heavy (non-hydrogen) atoms. The Labute approximate surface area is 111 Å². The minimum absolute atomic E-state index is 0.0484. The Morgan fingerprint density at radius 2 is 2.39 bits per heavy atom. The van der Waals surface area contributed by atoms with Crippen molar-refractivity contribution < 1.29 is 4.74 Å². The van der Waals surface area contributed by atoms with Gasteiger partial charge >= 0.3 is 0 Å². The number of aromatic nitrogens is 1. The van der Waals surface area contributed by atoms with Crippen molar-refractivity contribution in [3.8, 4) is 0 Å². The molecule has 0 radical (unpaired) electrons. The fraction of sp³-hybridized carbons (Fsp3) is 0.500. The predicted octanol–water partition coefficient (Wildman–Crippen LogP) is 1.63. The topological polar surface area (TPSA) is 75.2 Å². The molecule has 2 heterocycles. The van der Waals surface area contributed by atoms with E-state index in [2.05, 4.69) is 4.98 Å². The smallest absolute Gasteiger partial charge is 0.148 e. The first-order valence-electron chi connectivity index (χ1n) is 5.85. The molecule has 0 aliphatic carbocycles. The molecular weight excluding hydrogens is 252 g/mol. The maximum atomic E-state index is 7.49. The first kappa shape index (κ1) is 13.1. The molecule has 0 amide bonds. The molecule has 1 aromatic rings. The molecule has 98 valence electrons. The second kappa shape index (κ2) is 5.12. The van der Waals surface area contributed by atoms with E-state index in [1.54, 1.807) is 12.3 Å². The van der Waals surface area contributed by atoms with Crippen LogP contribution in [0.2, 0.25) is 5.02 Å². The number of amidine groups is 1. The molecule has 0 aromatic carbocycles. The molecule has 2 atom stereocenters. The van der Waals surface area contributed by atoms with Crippen molar-refractivity contribution in [1.29, 1.82) is 5.41 Å². The van der Waals surface area contributed by atoms with E-state index in [1.165, 1.54) is 0 Å². The normalized spacial score (nSPS) is 23.1. The molecule has 0 spiro atoms. The minimum Gasteiger partial charge on any atom is -0.384 e. The number of nitrogens with zero attached hydrogens (tertiary/aromatic N) is 2. The van der Waals surface area contributed by atoms with E-state index in [1.807, 2.05) is 18.9 Å². The molecule has 1 aliphatic rings. The van der Waals surface area contributed by atoms with Crippen LogP contribution < -0.4 is 10.6 Å². The second-order valence-electron chi connectivity index (χ2n) is 4.45. The summed E-state index contributed by atoms with van der Waals surface area (Å²) >= 11 is 6.26. The zero-order valence-electron chi connectivity index (χ0n) is 10.5. The highest BCUT2D eigenvalue weighted by Gasteiger charge is 2.30. The Bertz CT molecular complexity index is 465. The van der Waals surface area contributed by atoms with Gasteiger partial charge in [0.15, 0.2) is 0 Å². The molecule has 2 rings (SSSR count). The lowest BCUT2D eigenvalue weighted by molar-refractivity contribution is 0.118. The number of nitrogens with two attached hydrogens (primary N) is 1. The number of anilines is 1. The van der Waals surface area contributed by atoms with Gasteiger partial charge in [0, 0.05) is 25.4 Å². The fourth-order valence-corrected chi connectivity index (χ4v) is 2.62. The van der Waals surface area contributed by atoms with Gasteiger partial charge < -0.3 is 15.4 Å².